The van der Waals surface area contributed by atoms with E-state index in [1.54, 1.807) is 6.07 Å². The predicted octanol–water partition coefficient (Wildman–Crippen LogP) is 4.28. The number of hydrogen-bond acceptors (Lipinski definition) is 1. The van der Waals surface area contributed by atoms with Gasteiger partial charge in [0.15, 0.2) is 11.4 Å². The van der Waals surface area contributed by atoms with Gasteiger partial charge in [0.2, 0.25) is 0 Å². The molecule has 0 radical (unpaired) electrons. The number of para-hydroxylation sites is 1. The number of aromatic nitrogens is 1. The van der Waals surface area contributed by atoms with Crippen LogP contribution in [0, 0.1) is 0 Å². The summed E-state index contributed by atoms with van der Waals surface area (Å²) < 4.78 is 41.2. The molecule has 0 bridgehead atoms. The fourth-order valence-corrected chi connectivity index (χ4v) is 2.61. The zero-order valence-corrected chi connectivity index (χ0v) is 12.9. The summed E-state index contributed by atoms with van der Waals surface area (Å²) in [5.41, 5.74) is 3.68. The average molecular weight is 317 g/mol. The van der Waals surface area contributed by atoms with Crippen LogP contribution in [0.25, 0.3) is 10.9 Å². The van der Waals surface area contributed by atoms with Crippen LogP contribution in [0.4, 0.5) is 17.3 Å². The number of phenols is 1. The topological polar surface area (TPSA) is 24.1 Å². The lowest BCUT2D eigenvalue weighted by Gasteiger charge is -2.09. The van der Waals surface area contributed by atoms with Crippen molar-refractivity contribution in [3.63, 3.8) is 0 Å². The number of benzene rings is 1. The molecule has 1 aromatic heterocycles. The van der Waals surface area contributed by atoms with Gasteiger partial charge in [0, 0.05) is 12.0 Å². The van der Waals surface area contributed by atoms with E-state index < -0.39 is 7.25 Å². The third-order valence-corrected chi connectivity index (χ3v) is 3.37. The molecule has 1 aromatic carbocycles. The molecule has 122 valence electrons. The second-order valence-corrected chi connectivity index (χ2v) is 4.78. The van der Waals surface area contributed by atoms with Crippen LogP contribution in [-0.2, 0) is 19.4 Å². The Kier molecular flexibility index (Phi) is 6.20. The first-order chi connectivity index (χ1) is 10.2. The lowest BCUT2D eigenvalue weighted by atomic mass is 10.0. The van der Waals surface area contributed by atoms with E-state index in [1.807, 2.05) is 6.07 Å². The van der Waals surface area contributed by atoms with Crippen molar-refractivity contribution in [1.82, 2.24) is 0 Å². The molecule has 1 heterocycles. The minimum atomic E-state index is -6.00. The van der Waals surface area contributed by atoms with Gasteiger partial charge in [-0.05, 0) is 31.5 Å². The number of fused-ring (bicyclic) bond motifs is 1. The molecule has 2 rings (SSSR count). The van der Waals surface area contributed by atoms with E-state index in [-0.39, 0.29) is 0 Å². The first-order valence-electron chi connectivity index (χ1n) is 7.26. The molecule has 0 unspecified atom stereocenters. The lowest BCUT2D eigenvalue weighted by Crippen LogP contribution is -2.39. The van der Waals surface area contributed by atoms with Crippen molar-refractivity contribution in [2.45, 2.75) is 40.2 Å². The zero-order chi connectivity index (χ0) is 16.9. The van der Waals surface area contributed by atoms with Crippen LogP contribution < -0.4 is 4.57 Å². The van der Waals surface area contributed by atoms with Gasteiger partial charge in [-0.3, -0.25) is 0 Å². The minimum Gasteiger partial charge on any atom is -0.502 e. The highest BCUT2D eigenvalue weighted by molar-refractivity contribution is 6.50. The fourth-order valence-electron chi connectivity index (χ4n) is 2.61. The Balaban J connectivity index is 0.000000422. The van der Waals surface area contributed by atoms with E-state index >= 15 is 0 Å². The Morgan fingerprint density at radius 1 is 1.05 bits per heavy atom. The summed E-state index contributed by atoms with van der Waals surface area (Å²) in [5, 5.41) is 11.2. The van der Waals surface area contributed by atoms with Crippen molar-refractivity contribution in [2.24, 2.45) is 0 Å². The number of halogens is 4. The molecule has 0 aliphatic carbocycles. The van der Waals surface area contributed by atoms with Crippen LogP contribution in [0.3, 0.4) is 0 Å². The molecule has 0 aliphatic rings. The van der Waals surface area contributed by atoms with Crippen molar-refractivity contribution in [2.75, 3.05) is 0 Å². The summed E-state index contributed by atoms with van der Waals surface area (Å²) in [6.07, 6.45) is 2.04. The Bertz CT molecular complexity index is 637. The molecular weight excluding hydrogens is 297 g/mol. The van der Waals surface area contributed by atoms with Crippen LogP contribution in [-0.4, -0.2) is 12.4 Å². The smallest absolute Gasteiger partial charge is 0.502 e. The molecule has 1 N–H and O–H groups in total. The Morgan fingerprint density at radius 2 is 1.64 bits per heavy atom. The molecule has 0 aliphatic heterocycles. The largest absolute Gasteiger partial charge is 0.673 e. The Hall–Kier alpha value is -1.79. The SMILES string of the molecule is CCc1cc2cccc(O)c2[n+](CC)c1CC.F[B-](F)(F)F. The number of pyridine rings is 1. The molecule has 0 saturated heterocycles. The van der Waals surface area contributed by atoms with Gasteiger partial charge in [-0.1, -0.05) is 19.9 Å². The van der Waals surface area contributed by atoms with E-state index in [0.29, 0.717) is 5.75 Å². The number of rotatable bonds is 3. The number of nitrogens with zero attached hydrogens (tertiary/aromatic N) is 1. The van der Waals surface area contributed by atoms with Crippen LogP contribution in [0.5, 0.6) is 5.75 Å². The van der Waals surface area contributed by atoms with Gasteiger partial charge in [-0.25, -0.2) is 0 Å². The molecule has 7 heteroatoms. The van der Waals surface area contributed by atoms with E-state index in [0.717, 1.165) is 30.3 Å². The molecule has 22 heavy (non-hydrogen) atoms. The Labute approximate surface area is 127 Å². The lowest BCUT2D eigenvalue weighted by molar-refractivity contribution is -0.675. The maximum Gasteiger partial charge on any atom is 0.673 e. The second kappa shape index (κ2) is 7.47. The van der Waals surface area contributed by atoms with Crippen molar-refractivity contribution in [3.05, 3.63) is 35.5 Å². The van der Waals surface area contributed by atoms with Crippen molar-refractivity contribution in [1.29, 1.82) is 0 Å². The average Bonchev–Trinajstić information content (AvgIpc) is 2.43. The quantitative estimate of drug-likeness (QED) is 0.510. The van der Waals surface area contributed by atoms with Crippen LogP contribution in [0.2, 0.25) is 0 Å². The molecule has 0 fully saturated rings. The third kappa shape index (κ3) is 4.61. The molecule has 0 spiro atoms. The number of aryl methyl sites for hydroxylation is 2. The van der Waals surface area contributed by atoms with Crippen LogP contribution in [0.1, 0.15) is 32.0 Å². The monoisotopic (exact) mass is 317 g/mol. The summed E-state index contributed by atoms with van der Waals surface area (Å²) in [5.74, 6) is 0.377. The third-order valence-electron chi connectivity index (χ3n) is 3.37. The molecule has 0 atom stereocenters. The van der Waals surface area contributed by atoms with Crippen molar-refractivity contribution >= 4 is 18.2 Å². The van der Waals surface area contributed by atoms with E-state index in [4.69, 9.17) is 0 Å². The van der Waals surface area contributed by atoms with Gasteiger partial charge < -0.3 is 22.4 Å². The fraction of sp³-hybridized carbons (Fsp3) is 0.400. The predicted molar refractivity (Wildman–Crippen MR) is 80.4 cm³/mol. The number of aromatic hydroxyl groups is 1. The van der Waals surface area contributed by atoms with Gasteiger partial charge in [0.25, 0.3) is 5.52 Å². The highest BCUT2D eigenvalue weighted by atomic mass is 19.5. The maximum atomic E-state index is 10.0. The minimum absolute atomic E-state index is 0.377. The molecule has 2 nitrogen and oxygen atoms in total. The first-order valence-corrected chi connectivity index (χ1v) is 7.26. The summed E-state index contributed by atoms with van der Waals surface area (Å²) in [6.45, 7) is 7.38. The van der Waals surface area contributed by atoms with Gasteiger partial charge in [0.1, 0.15) is 6.54 Å². The molecular formula is C15H20BF4NO. The summed E-state index contributed by atoms with van der Waals surface area (Å²) >= 11 is 0. The van der Waals surface area contributed by atoms with Crippen LogP contribution in [0.15, 0.2) is 24.3 Å². The summed E-state index contributed by atoms with van der Waals surface area (Å²) in [7, 11) is -6.00. The molecule has 0 saturated carbocycles. The van der Waals surface area contributed by atoms with E-state index in [1.165, 1.54) is 11.3 Å². The normalized spacial score (nSPS) is 11.2. The number of hydrogen-bond donors (Lipinski definition) is 1. The van der Waals surface area contributed by atoms with E-state index in [2.05, 4.69) is 37.5 Å². The highest BCUT2D eigenvalue weighted by Gasteiger charge is 2.21. The first kappa shape index (κ1) is 18.3. The van der Waals surface area contributed by atoms with Crippen molar-refractivity contribution < 1.29 is 26.9 Å². The van der Waals surface area contributed by atoms with Gasteiger partial charge >= 0.3 is 7.25 Å². The Morgan fingerprint density at radius 3 is 2.09 bits per heavy atom. The molecule has 2 aromatic rings. The van der Waals surface area contributed by atoms with Crippen LogP contribution >= 0.6 is 0 Å². The highest BCUT2D eigenvalue weighted by Crippen LogP contribution is 2.24. The maximum absolute atomic E-state index is 10.0. The van der Waals surface area contributed by atoms with Gasteiger partial charge in [-0.15, -0.1) is 0 Å². The van der Waals surface area contributed by atoms with Gasteiger partial charge in [-0.2, -0.15) is 4.57 Å². The summed E-state index contributed by atoms with van der Waals surface area (Å²) in [6, 6.07) is 7.95. The van der Waals surface area contributed by atoms with Gasteiger partial charge in [0.05, 0.1) is 5.39 Å². The second-order valence-electron chi connectivity index (χ2n) is 4.78. The molecule has 0 amide bonds. The zero-order valence-electron chi connectivity index (χ0n) is 12.9. The van der Waals surface area contributed by atoms with E-state index in [9.17, 15) is 22.4 Å². The number of phenolic OH excluding ortho intramolecular Hbond substituents is 1. The standard InChI is InChI=1S/C15H19NO.BF4/c1-4-11-10-12-8-7-9-14(17)15(12)16(6-3)13(11)5-2;2-1(3,4)5/h7-10H,4-6H2,1-3H3;/q;-1/p+1. The summed E-state index contributed by atoms with van der Waals surface area (Å²) in [4.78, 5) is 0. The van der Waals surface area contributed by atoms with Crippen molar-refractivity contribution in [3.8, 4) is 5.75 Å².